The highest BCUT2D eigenvalue weighted by atomic mass is 19.1. The lowest BCUT2D eigenvalue weighted by Gasteiger charge is -2.04. The number of nitro groups is 1. The highest BCUT2D eigenvalue weighted by Crippen LogP contribution is 2.27. The van der Waals surface area contributed by atoms with Crippen LogP contribution in [0.25, 0.3) is 0 Å². The smallest absolute Gasteiger partial charge is 0.311 e. The molecule has 0 fully saturated rings. The highest BCUT2D eigenvalue weighted by Gasteiger charge is 2.15. The van der Waals surface area contributed by atoms with E-state index in [1.165, 1.54) is 0 Å². The molecule has 0 radical (unpaired) electrons. The SMILES string of the molecule is O=[N+]([O-])c1ccc(F)cc1OCCO. The van der Waals surface area contributed by atoms with Gasteiger partial charge in [0.1, 0.15) is 12.4 Å². The standard InChI is InChI=1S/C8H8FNO4/c9-6-1-2-7(10(12)13)8(5-6)14-4-3-11/h1-2,5,11H,3-4H2. The lowest BCUT2D eigenvalue weighted by atomic mass is 10.3. The summed E-state index contributed by atoms with van der Waals surface area (Å²) in [4.78, 5) is 9.76. The fourth-order valence-electron chi connectivity index (χ4n) is 0.910. The Hall–Kier alpha value is -1.69. The van der Waals surface area contributed by atoms with E-state index >= 15 is 0 Å². The van der Waals surface area contributed by atoms with Crippen LogP contribution in [0.2, 0.25) is 0 Å². The highest BCUT2D eigenvalue weighted by molar-refractivity contribution is 5.46. The molecule has 1 N–H and O–H groups in total. The zero-order valence-corrected chi connectivity index (χ0v) is 7.14. The third-order valence-corrected chi connectivity index (χ3v) is 1.47. The second-order valence-corrected chi connectivity index (χ2v) is 2.44. The van der Waals surface area contributed by atoms with Crippen molar-refractivity contribution in [2.24, 2.45) is 0 Å². The Balaban J connectivity index is 2.97. The number of ether oxygens (including phenoxy) is 1. The zero-order valence-electron chi connectivity index (χ0n) is 7.14. The summed E-state index contributed by atoms with van der Waals surface area (Å²) in [5.41, 5.74) is -0.320. The van der Waals surface area contributed by atoms with Gasteiger partial charge < -0.3 is 9.84 Å². The molecule has 0 aromatic heterocycles. The first-order valence-electron chi connectivity index (χ1n) is 3.82. The fourth-order valence-corrected chi connectivity index (χ4v) is 0.910. The molecule has 1 aromatic rings. The molecule has 0 saturated heterocycles. The van der Waals surface area contributed by atoms with Crippen LogP contribution in [0.15, 0.2) is 18.2 Å². The van der Waals surface area contributed by atoms with E-state index in [1.54, 1.807) is 0 Å². The molecule has 0 amide bonds. The van der Waals surface area contributed by atoms with Crippen molar-refractivity contribution in [2.45, 2.75) is 0 Å². The third kappa shape index (κ3) is 2.40. The van der Waals surface area contributed by atoms with Crippen LogP contribution in [0.5, 0.6) is 5.75 Å². The summed E-state index contributed by atoms with van der Waals surface area (Å²) in [6, 6.07) is 2.90. The van der Waals surface area contributed by atoms with E-state index in [0.29, 0.717) is 0 Å². The first kappa shape index (κ1) is 10.4. The van der Waals surface area contributed by atoms with E-state index in [1.807, 2.05) is 0 Å². The van der Waals surface area contributed by atoms with Crippen LogP contribution in [-0.2, 0) is 0 Å². The van der Waals surface area contributed by atoms with Gasteiger partial charge in [-0.05, 0) is 6.07 Å². The average molecular weight is 201 g/mol. The summed E-state index contributed by atoms with van der Waals surface area (Å²) in [6.45, 7) is -0.391. The van der Waals surface area contributed by atoms with Gasteiger partial charge >= 0.3 is 5.69 Å². The maximum absolute atomic E-state index is 12.7. The number of nitro benzene ring substituents is 1. The molecule has 0 aliphatic heterocycles. The van der Waals surface area contributed by atoms with E-state index in [2.05, 4.69) is 0 Å². The molecule has 1 aromatic carbocycles. The Kier molecular flexibility index (Phi) is 3.35. The fraction of sp³-hybridized carbons (Fsp3) is 0.250. The summed E-state index contributed by atoms with van der Waals surface area (Å²) in [6.07, 6.45) is 0. The van der Waals surface area contributed by atoms with Crippen molar-refractivity contribution in [3.63, 3.8) is 0 Å². The summed E-state index contributed by atoms with van der Waals surface area (Å²) in [5, 5.41) is 18.9. The van der Waals surface area contributed by atoms with Gasteiger partial charge in [-0.15, -0.1) is 0 Å². The molecule has 0 aliphatic carbocycles. The molecule has 0 unspecified atom stereocenters. The maximum atomic E-state index is 12.7. The average Bonchev–Trinajstić information content (AvgIpc) is 2.14. The minimum absolute atomic E-state index is 0.107. The van der Waals surface area contributed by atoms with Crippen molar-refractivity contribution in [1.82, 2.24) is 0 Å². The van der Waals surface area contributed by atoms with Gasteiger partial charge in [0.05, 0.1) is 11.5 Å². The molecule has 6 heteroatoms. The van der Waals surface area contributed by atoms with Gasteiger partial charge in [0.2, 0.25) is 0 Å². The molecule has 76 valence electrons. The molecule has 0 saturated carbocycles. The minimum atomic E-state index is -0.674. The normalized spacial score (nSPS) is 9.86. The predicted octanol–water partition coefficient (Wildman–Crippen LogP) is 1.10. The van der Waals surface area contributed by atoms with Gasteiger partial charge in [-0.3, -0.25) is 10.1 Å². The Morgan fingerprint density at radius 2 is 2.29 bits per heavy atom. The van der Waals surface area contributed by atoms with Crippen LogP contribution in [-0.4, -0.2) is 23.2 Å². The van der Waals surface area contributed by atoms with E-state index in [-0.39, 0.29) is 24.7 Å². The lowest BCUT2D eigenvalue weighted by Crippen LogP contribution is -2.04. The van der Waals surface area contributed by atoms with Crippen molar-refractivity contribution in [3.05, 3.63) is 34.1 Å². The van der Waals surface area contributed by atoms with E-state index < -0.39 is 10.7 Å². The Morgan fingerprint density at radius 1 is 1.57 bits per heavy atom. The van der Waals surface area contributed by atoms with Crippen molar-refractivity contribution in [2.75, 3.05) is 13.2 Å². The molecule has 1 rings (SSSR count). The number of nitrogens with zero attached hydrogens (tertiary/aromatic N) is 1. The van der Waals surface area contributed by atoms with Crippen LogP contribution in [0.4, 0.5) is 10.1 Å². The Labute approximate surface area is 78.9 Å². The largest absolute Gasteiger partial charge is 0.484 e. The molecule has 0 spiro atoms. The topological polar surface area (TPSA) is 72.6 Å². The Bertz CT molecular complexity index is 342. The van der Waals surface area contributed by atoms with E-state index in [0.717, 1.165) is 18.2 Å². The van der Waals surface area contributed by atoms with E-state index in [9.17, 15) is 14.5 Å². The van der Waals surface area contributed by atoms with Crippen molar-refractivity contribution in [3.8, 4) is 5.75 Å². The molecular weight excluding hydrogens is 193 g/mol. The van der Waals surface area contributed by atoms with Crippen molar-refractivity contribution in [1.29, 1.82) is 0 Å². The molecule has 14 heavy (non-hydrogen) atoms. The molecule has 5 nitrogen and oxygen atoms in total. The van der Waals surface area contributed by atoms with Crippen LogP contribution in [0.3, 0.4) is 0 Å². The molecule has 0 bridgehead atoms. The van der Waals surface area contributed by atoms with Crippen LogP contribution in [0, 0.1) is 15.9 Å². The summed E-state index contributed by atoms with van der Waals surface area (Å²) >= 11 is 0. The Morgan fingerprint density at radius 3 is 2.86 bits per heavy atom. The molecular formula is C8H8FNO4. The summed E-state index contributed by atoms with van der Waals surface area (Å²) < 4.78 is 17.5. The number of hydrogen-bond acceptors (Lipinski definition) is 4. The zero-order chi connectivity index (χ0) is 10.6. The maximum Gasteiger partial charge on any atom is 0.311 e. The van der Waals surface area contributed by atoms with Crippen molar-refractivity contribution >= 4 is 5.69 Å². The van der Waals surface area contributed by atoms with Gasteiger partial charge in [-0.25, -0.2) is 4.39 Å². The quantitative estimate of drug-likeness (QED) is 0.584. The van der Waals surface area contributed by atoms with Gasteiger partial charge in [0, 0.05) is 12.1 Å². The third-order valence-electron chi connectivity index (χ3n) is 1.47. The predicted molar refractivity (Wildman–Crippen MR) is 45.6 cm³/mol. The van der Waals surface area contributed by atoms with Crippen molar-refractivity contribution < 1.29 is 19.2 Å². The van der Waals surface area contributed by atoms with Crippen LogP contribution < -0.4 is 4.74 Å². The summed E-state index contributed by atoms with van der Waals surface area (Å²) in [5.74, 6) is -0.799. The van der Waals surface area contributed by atoms with Gasteiger partial charge in [-0.2, -0.15) is 0 Å². The first-order valence-corrected chi connectivity index (χ1v) is 3.82. The molecule has 0 heterocycles. The van der Waals surface area contributed by atoms with E-state index in [4.69, 9.17) is 9.84 Å². The number of aliphatic hydroxyl groups excluding tert-OH is 1. The number of rotatable bonds is 4. The molecule has 0 aliphatic rings. The number of aliphatic hydroxyl groups is 1. The minimum Gasteiger partial charge on any atom is -0.484 e. The summed E-state index contributed by atoms with van der Waals surface area (Å²) in [7, 11) is 0. The van der Waals surface area contributed by atoms with Gasteiger partial charge in [0.15, 0.2) is 5.75 Å². The van der Waals surface area contributed by atoms with Gasteiger partial charge in [-0.1, -0.05) is 0 Å². The molecule has 0 atom stereocenters. The monoisotopic (exact) mass is 201 g/mol. The second kappa shape index (κ2) is 4.52. The first-order chi connectivity index (χ1) is 6.65. The van der Waals surface area contributed by atoms with Gasteiger partial charge in [0.25, 0.3) is 0 Å². The number of halogens is 1. The number of hydrogen-bond donors (Lipinski definition) is 1. The van der Waals surface area contributed by atoms with Crippen LogP contribution in [0.1, 0.15) is 0 Å². The second-order valence-electron chi connectivity index (χ2n) is 2.44. The lowest BCUT2D eigenvalue weighted by molar-refractivity contribution is -0.385. The number of benzene rings is 1. The van der Waals surface area contributed by atoms with Crippen LogP contribution >= 0.6 is 0 Å².